The number of hydrogen-bond acceptors (Lipinski definition) is 6. The van der Waals surface area contributed by atoms with Crippen LogP contribution in [-0.4, -0.2) is 33.9 Å². The Kier molecular flexibility index (Phi) is 7.58. The number of carbonyl (C=O) groups is 1. The van der Waals surface area contributed by atoms with Crippen LogP contribution in [0.3, 0.4) is 0 Å². The van der Waals surface area contributed by atoms with Gasteiger partial charge in [-0.05, 0) is 12.5 Å². The minimum absolute atomic E-state index is 0.234. The summed E-state index contributed by atoms with van der Waals surface area (Å²) in [6.45, 7) is 4.42. The normalized spacial score (nSPS) is 10.6. The predicted molar refractivity (Wildman–Crippen MR) is 105 cm³/mol. The molecule has 0 saturated heterocycles. The largest absolute Gasteiger partial charge is 0.496 e. The molecule has 0 radical (unpaired) electrons. The summed E-state index contributed by atoms with van der Waals surface area (Å²) in [6, 6.07) is 5.55. The van der Waals surface area contributed by atoms with E-state index in [0.717, 1.165) is 24.6 Å². The Bertz CT molecular complexity index is 784. The van der Waals surface area contributed by atoms with Crippen LogP contribution in [0.2, 0.25) is 0 Å². The molecule has 0 amide bonds. The van der Waals surface area contributed by atoms with Crippen LogP contribution in [0.5, 0.6) is 28.7 Å². The van der Waals surface area contributed by atoms with Crippen LogP contribution in [0.4, 0.5) is 0 Å². The van der Waals surface area contributed by atoms with Crippen molar-refractivity contribution in [3.63, 3.8) is 0 Å². The fraction of sp³-hybridized carbons (Fsp3) is 0.476. The van der Waals surface area contributed by atoms with Crippen molar-refractivity contribution in [3.05, 3.63) is 18.2 Å². The fourth-order valence-electron chi connectivity index (χ4n) is 2.89. The van der Waals surface area contributed by atoms with Crippen molar-refractivity contribution in [2.45, 2.75) is 39.5 Å². The molecule has 0 heterocycles. The zero-order chi connectivity index (χ0) is 19.8. The maximum atomic E-state index is 12.0. The molecule has 0 bridgehead atoms. The molecule has 0 N–H and O–H groups in total. The zero-order valence-corrected chi connectivity index (χ0v) is 16.7. The monoisotopic (exact) mass is 376 g/mol. The van der Waals surface area contributed by atoms with Gasteiger partial charge in [0.2, 0.25) is 11.5 Å². The summed E-state index contributed by atoms with van der Waals surface area (Å²) in [5.41, 5.74) is 0. The van der Waals surface area contributed by atoms with Crippen molar-refractivity contribution >= 4 is 16.7 Å². The Balaban J connectivity index is 2.73. The molecule has 6 heteroatoms. The standard InChI is InChI=1S/C21H28O6/c1-6-8-9-13-26-18-14-11-10-12-15(23-3)17(14)19(27-16(22)7-2)21(25-5)20(18)24-4/h10-12H,6-9,13H2,1-5H3. The third kappa shape index (κ3) is 4.38. The van der Waals surface area contributed by atoms with Crippen LogP contribution in [0.1, 0.15) is 39.5 Å². The molecule has 2 rings (SSSR count). The highest BCUT2D eigenvalue weighted by Gasteiger charge is 2.27. The first kappa shape index (κ1) is 20.7. The van der Waals surface area contributed by atoms with Crippen molar-refractivity contribution in [2.75, 3.05) is 27.9 Å². The smallest absolute Gasteiger partial charge is 0.311 e. The molecular weight excluding hydrogens is 348 g/mol. The number of rotatable bonds is 10. The molecule has 0 unspecified atom stereocenters. The van der Waals surface area contributed by atoms with Gasteiger partial charge in [-0.1, -0.05) is 38.8 Å². The minimum Gasteiger partial charge on any atom is -0.496 e. The highest BCUT2D eigenvalue weighted by molar-refractivity contribution is 6.03. The first-order chi connectivity index (χ1) is 13.1. The molecule has 0 aromatic heterocycles. The Hall–Kier alpha value is -2.63. The van der Waals surface area contributed by atoms with Crippen LogP contribution in [0, 0.1) is 0 Å². The van der Waals surface area contributed by atoms with E-state index in [-0.39, 0.29) is 18.1 Å². The van der Waals surface area contributed by atoms with Gasteiger partial charge in [-0.2, -0.15) is 0 Å². The number of methoxy groups -OCH3 is 3. The first-order valence-corrected chi connectivity index (χ1v) is 9.20. The molecule has 2 aromatic carbocycles. The third-order valence-electron chi connectivity index (χ3n) is 4.24. The van der Waals surface area contributed by atoms with Gasteiger partial charge in [0.15, 0.2) is 11.5 Å². The van der Waals surface area contributed by atoms with Gasteiger partial charge in [-0.25, -0.2) is 0 Å². The lowest BCUT2D eigenvalue weighted by Crippen LogP contribution is -2.09. The lowest BCUT2D eigenvalue weighted by atomic mass is 10.1. The van der Waals surface area contributed by atoms with Crippen molar-refractivity contribution in [1.29, 1.82) is 0 Å². The number of hydrogen-bond donors (Lipinski definition) is 0. The van der Waals surface area contributed by atoms with Gasteiger partial charge >= 0.3 is 5.97 Å². The van der Waals surface area contributed by atoms with Crippen molar-refractivity contribution < 1.29 is 28.5 Å². The molecule has 27 heavy (non-hydrogen) atoms. The van der Waals surface area contributed by atoms with Crippen LogP contribution >= 0.6 is 0 Å². The van der Waals surface area contributed by atoms with Gasteiger partial charge in [0.25, 0.3) is 0 Å². The van der Waals surface area contributed by atoms with Crippen molar-refractivity contribution in [1.82, 2.24) is 0 Å². The number of esters is 1. The summed E-state index contributed by atoms with van der Waals surface area (Å²) in [4.78, 5) is 12.0. The average molecular weight is 376 g/mol. The van der Waals surface area contributed by atoms with E-state index in [0.29, 0.717) is 35.0 Å². The van der Waals surface area contributed by atoms with Crippen molar-refractivity contribution in [3.8, 4) is 28.7 Å². The van der Waals surface area contributed by atoms with Gasteiger partial charge in [-0.15, -0.1) is 0 Å². The van der Waals surface area contributed by atoms with Gasteiger partial charge < -0.3 is 23.7 Å². The number of carbonyl (C=O) groups excluding carboxylic acids is 1. The number of benzene rings is 2. The van der Waals surface area contributed by atoms with E-state index in [9.17, 15) is 4.79 Å². The van der Waals surface area contributed by atoms with E-state index in [4.69, 9.17) is 23.7 Å². The van der Waals surface area contributed by atoms with Crippen LogP contribution in [0.15, 0.2) is 18.2 Å². The quantitative estimate of drug-likeness (QED) is 0.339. The lowest BCUT2D eigenvalue weighted by molar-refractivity contribution is -0.134. The van der Waals surface area contributed by atoms with Gasteiger partial charge in [0.05, 0.1) is 33.3 Å². The maximum absolute atomic E-state index is 12.0. The van der Waals surface area contributed by atoms with Gasteiger partial charge in [0, 0.05) is 11.8 Å². The fourth-order valence-corrected chi connectivity index (χ4v) is 2.89. The summed E-state index contributed by atoms with van der Waals surface area (Å²) in [5, 5.41) is 1.35. The zero-order valence-electron chi connectivity index (χ0n) is 16.7. The van der Waals surface area contributed by atoms with Gasteiger partial charge in [-0.3, -0.25) is 4.79 Å². The number of unbranched alkanes of at least 4 members (excludes halogenated alkanes) is 2. The molecule has 0 spiro atoms. The minimum atomic E-state index is -0.376. The van der Waals surface area contributed by atoms with Crippen LogP contribution in [0.25, 0.3) is 10.8 Å². The molecule has 6 nitrogen and oxygen atoms in total. The molecule has 2 aromatic rings. The third-order valence-corrected chi connectivity index (χ3v) is 4.24. The second-order valence-electron chi connectivity index (χ2n) is 5.99. The summed E-state index contributed by atoms with van der Waals surface area (Å²) >= 11 is 0. The molecule has 0 atom stereocenters. The average Bonchev–Trinajstić information content (AvgIpc) is 2.70. The molecule has 148 valence electrons. The topological polar surface area (TPSA) is 63.2 Å². The summed E-state index contributed by atoms with van der Waals surface area (Å²) in [6.07, 6.45) is 3.34. The van der Waals surface area contributed by atoms with E-state index in [2.05, 4.69) is 6.92 Å². The summed E-state index contributed by atoms with van der Waals surface area (Å²) < 4.78 is 28.3. The molecule has 0 aliphatic heterocycles. The van der Waals surface area contributed by atoms with Crippen LogP contribution in [-0.2, 0) is 4.79 Å². The maximum Gasteiger partial charge on any atom is 0.311 e. The second kappa shape index (κ2) is 9.90. The SMILES string of the molecule is CCCCCOc1c(OC)c(OC)c(OC(=O)CC)c2c(OC)cccc12. The van der Waals surface area contributed by atoms with E-state index < -0.39 is 0 Å². The molecule has 0 aliphatic carbocycles. The first-order valence-electron chi connectivity index (χ1n) is 9.20. The Morgan fingerprint density at radius 1 is 0.889 bits per heavy atom. The lowest BCUT2D eigenvalue weighted by Gasteiger charge is -2.21. The molecular formula is C21H28O6. The van der Waals surface area contributed by atoms with E-state index in [1.165, 1.54) is 14.2 Å². The number of ether oxygens (including phenoxy) is 5. The predicted octanol–water partition coefficient (Wildman–Crippen LogP) is 4.75. The Labute approximate surface area is 160 Å². The highest BCUT2D eigenvalue weighted by atomic mass is 16.6. The Morgan fingerprint density at radius 3 is 2.19 bits per heavy atom. The molecule has 0 saturated carbocycles. The molecule has 0 aliphatic rings. The van der Waals surface area contributed by atoms with Crippen LogP contribution < -0.4 is 23.7 Å². The Morgan fingerprint density at radius 2 is 1.59 bits per heavy atom. The van der Waals surface area contributed by atoms with E-state index >= 15 is 0 Å². The van der Waals surface area contributed by atoms with E-state index in [1.807, 2.05) is 12.1 Å². The van der Waals surface area contributed by atoms with Gasteiger partial charge in [0.1, 0.15) is 5.75 Å². The molecule has 0 fully saturated rings. The highest BCUT2D eigenvalue weighted by Crippen LogP contribution is 2.53. The second-order valence-corrected chi connectivity index (χ2v) is 5.99. The number of fused-ring (bicyclic) bond motifs is 1. The van der Waals surface area contributed by atoms with Crippen molar-refractivity contribution in [2.24, 2.45) is 0 Å². The summed E-state index contributed by atoms with van der Waals surface area (Å²) in [5.74, 6) is 1.71. The summed E-state index contributed by atoms with van der Waals surface area (Å²) in [7, 11) is 4.61. The van der Waals surface area contributed by atoms with E-state index in [1.54, 1.807) is 20.1 Å².